The van der Waals surface area contributed by atoms with Gasteiger partial charge in [0.15, 0.2) is 0 Å². The molecule has 0 spiro atoms. The van der Waals surface area contributed by atoms with Gasteiger partial charge in [0.05, 0.1) is 5.75 Å². The third-order valence-electron chi connectivity index (χ3n) is 3.11. The van der Waals surface area contributed by atoms with Crippen LogP contribution in [0.3, 0.4) is 0 Å². The molecule has 0 aromatic rings. The third-order valence-corrected chi connectivity index (χ3v) is 4.09. The second kappa shape index (κ2) is 6.08. The highest BCUT2D eigenvalue weighted by atomic mass is 32.2. The minimum Gasteiger partial charge on any atom is -0.480 e. The first-order valence-electron chi connectivity index (χ1n) is 5.78. The van der Waals surface area contributed by atoms with Crippen LogP contribution in [-0.2, 0) is 14.4 Å². The fraction of sp³-hybridized carbons (Fsp3) is 0.727. The number of carboxylic acid groups (broad SMARTS) is 1. The Morgan fingerprint density at radius 2 is 2.11 bits per heavy atom. The van der Waals surface area contributed by atoms with Crippen molar-refractivity contribution < 1.29 is 19.5 Å². The average Bonchev–Trinajstić information content (AvgIpc) is 2.67. The maximum Gasteiger partial charge on any atom is 0.329 e. The van der Waals surface area contributed by atoms with E-state index >= 15 is 0 Å². The van der Waals surface area contributed by atoms with Crippen molar-refractivity contribution in [1.82, 2.24) is 4.90 Å². The third kappa shape index (κ3) is 3.38. The lowest BCUT2D eigenvalue weighted by Gasteiger charge is -2.31. The Hall–Kier alpha value is -1.24. The highest BCUT2D eigenvalue weighted by Gasteiger charge is 2.45. The predicted octanol–water partition coefficient (Wildman–Crippen LogP) is 0.0607. The number of amides is 2. The molecule has 1 rings (SSSR count). The molecule has 0 saturated carbocycles. The quantitative estimate of drug-likeness (QED) is 0.667. The van der Waals surface area contributed by atoms with Gasteiger partial charge < -0.3 is 15.7 Å². The van der Waals surface area contributed by atoms with Gasteiger partial charge in [-0.05, 0) is 19.8 Å². The van der Waals surface area contributed by atoms with Crippen molar-refractivity contribution in [3.8, 4) is 0 Å². The number of hydrogen-bond acceptors (Lipinski definition) is 4. The maximum absolute atomic E-state index is 11.9. The summed E-state index contributed by atoms with van der Waals surface area (Å²) < 4.78 is 0. The fourth-order valence-electron chi connectivity index (χ4n) is 2.05. The van der Waals surface area contributed by atoms with E-state index in [9.17, 15) is 19.5 Å². The summed E-state index contributed by atoms with van der Waals surface area (Å²) in [5.41, 5.74) is 3.90. The Balaban J connectivity index is 2.46. The van der Waals surface area contributed by atoms with Crippen LogP contribution in [0.15, 0.2) is 0 Å². The van der Waals surface area contributed by atoms with Crippen LogP contribution in [0.1, 0.15) is 26.2 Å². The van der Waals surface area contributed by atoms with Crippen LogP contribution >= 0.6 is 11.8 Å². The molecular formula is C11H18N2O4S. The Bertz CT molecular complexity index is 361. The van der Waals surface area contributed by atoms with Crippen LogP contribution in [0.2, 0.25) is 0 Å². The number of carbonyl (C=O) groups excluding carboxylic acids is 2. The summed E-state index contributed by atoms with van der Waals surface area (Å²) in [6, 6.07) is 0. The van der Waals surface area contributed by atoms with E-state index in [4.69, 9.17) is 5.73 Å². The van der Waals surface area contributed by atoms with Crippen LogP contribution < -0.4 is 5.73 Å². The van der Waals surface area contributed by atoms with E-state index in [2.05, 4.69) is 0 Å². The molecule has 0 aliphatic carbocycles. The summed E-state index contributed by atoms with van der Waals surface area (Å²) in [7, 11) is 0. The highest BCUT2D eigenvalue weighted by Crippen LogP contribution is 2.29. The lowest BCUT2D eigenvalue weighted by molar-refractivity contribution is -0.155. The number of carbonyl (C=O) groups is 3. The first kappa shape index (κ1) is 14.8. The Morgan fingerprint density at radius 1 is 1.44 bits per heavy atom. The molecule has 1 aliphatic heterocycles. The topological polar surface area (TPSA) is 101 Å². The second-order valence-corrected chi connectivity index (χ2v) is 5.60. The molecule has 6 nitrogen and oxygen atoms in total. The minimum absolute atomic E-state index is 0.172. The summed E-state index contributed by atoms with van der Waals surface area (Å²) in [6.07, 6.45) is 1.44. The van der Waals surface area contributed by atoms with Gasteiger partial charge in [-0.15, -0.1) is 0 Å². The van der Waals surface area contributed by atoms with Crippen LogP contribution in [0, 0.1) is 0 Å². The zero-order valence-corrected chi connectivity index (χ0v) is 11.2. The molecule has 0 aromatic carbocycles. The van der Waals surface area contributed by atoms with Crippen molar-refractivity contribution in [1.29, 1.82) is 0 Å². The standard InChI is InChI=1S/C11H18N2O4S/c1-11(10(16)17)4-2-5-13(11)9(15)3-6-18-7-8(12)14/h2-7H2,1H3,(H2,12,14)(H,16,17). The SMILES string of the molecule is CC1(C(=O)O)CCCN1C(=O)CCSCC(N)=O. The van der Waals surface area contributed by atoms with E-state index in [-0.39, 0.29) is 18.1 Å². The Morgan fingerprint density at radius 3 is 2.67 bits per heavy atom. The van der Waals surface area contributed by atoms with Crippen molar-refractivity contribution in [3.05, 3.63) is 0 Å². The summed E-state index contributed by atoms with van der Waals surface area (Å²) in [5.74, 6) is -0.881. The monoisotopic (exact) mass is 274 g/mol. The van der Waals surface area contributed by atoms with Crippen LogP contribution in [0.5, 0.6) is 0 Å². The van der Waals surface area contributed by atoms with Gasteiger partial charge in [0, 0.05) is 18.7 Å². The number of nitrogens with zero attached hydrogens (tertiary/aromatic N) is 1. The van der Waals surface area contributed by atoms with Gasteiger partial charge in [0.1, 0.15) is 5.54 Å². The van der Waals surface area contributed by atoms with Gasteiger partial charge in [-0.25, -0.2) is 4.79 Å². The van der Waals surface area contributed by atoms with Crippen molar-refractivity contribution in [2.24, 2.45) is 5.73 Å². The zero-order chi connectivity index (χ0) is 13.8. The van der Waals surface area contributed by atoms with E-state index in [0.29, 0.717) is 25.1 Å². The number of thioether (sulfide) groups is 1. The van der Waals surface area contributed by atoms with Crippen molar-refractivity contribution >= 4 is 29.5 Å². The largest absolute Gasteiger partial charge is 0.480 e. The molecule has 0 radical (unpaired) electrons. The molecule has 1 unspecified atom stereocenters. The van der Waals surface area contributed by atoms with Crippen LogP contribution in [0.25, 0.3) is 0 Å². The summed E-state index contributed by atoms with van der Waals surface area (Å²) in [6.45, 7) is 2.07. The number of nitrogens with two attached hydrogens (primary N) is 1. The molecule has 1 heterocycles. The summed E-state index contributed by atoms with van der Waals surface area (Å²) >= 11 is 1.29. The molecule has 102 valence electrons. The minimum atomic E-state index is -1.08. The number of primary amides is 1. The summed E-state index contributed by atoms with van der Waals surface area (Å²) in [5, 5.41) is 9.18. The van der Waals surface area contributed by atoms with Crippen LogP contribution in [-0.4, -0.2) is 51.4 Å². The number of carboxylic acids is 1. The van der Waals surface area contributed by atoms with Crippen molar-refractivity contribution in [3.63, 3.8) is 0 Å². The molecule has 2 amide bonds. The summed E-state index contributed by atoms with van der Waals surface area (Å²) in [4.78, 5) is 35.1. The predicted molar refractivity (Wildman–Crippen MR) is 68.1 cm³/mol. The first-order chi connectivity index (χ1) is 8.38. The van der Waals surface area contributed by atoms with Gasteiger partial charge in [0.25, 0.3) is 0 Å². The number of hydrogen-bond donors (Lipinski definition) is 2. The van der Waals surface area contributed by atoms with Crippen LogP contribution in [0.4, 0.5) is 0 Å². The highest BCUT2D eigenvalue weighted by molar-refractivity contribution is 7.99. The van der Waals surface area contributed by atoms with Crippen molar-refractivity contribution in [2.45, 2.75) is 31.7 Å². The second-order valence-electron chi connectivity index (χ2n) is 4.50. The molecule has 0 bridgehead atoms. The van der Waals surface area contributed by atoms with E-state index in [1.807, 2.05) is 0 Å². The molecule has 1 saturated heterocycles. The van der Waals surface area contributed by atoms with E-state index in [1.165, 1.54) is 16.7 Å². The normalized spacial score (nSPS) is 23.1. The van der Waals surface area contributed by atoms with E-state index < -0.39 is 17.4 Å². The van der Waals surface area contributed by atoms with E-state index in [1.54, 1.807) is 6.92 Å². The average molecular weight is 274 g/mol. The maximum atomic E-state index is 11.9. The first-order valence-corrected chi connectivity index (χ1v) is 6.93. The van der Waals surface area contributed by atoms with Crippen molar-refractivity contribution in [2.75, 3.05) is 18.1 Å². The lowest BCUT2D eigenvalue weighted by Crippen LogP contribution is -2.50. The fourth-order valence-corrected chi connectivity index (χ4v) is 2.72. The Kier molecular flexibility index (Phi) is 5.01. The molecule has 18 heavy (non-hydrogen) atoms. The van der Waals surface area contributed by atoms with Gasteiger partial charge >= 0.3 is 5.97 Å². The number of likely N-dealkylation sites (tertiary alicyclic amines) is 1. The lowest BCUT2D eigenvalue weighted by atomic mass is 9.99. The molecular weight excluding hydrogens is 256 g/mol. The van der Waals surface area contributed by atoms with E-state index in [0.717, 1.165) is 0 Å². The molecule has 3 N–H and O–H groups in total. The molecule has 1 fully saturated rings. The molecule has 0 aromatic heterocycles. The molecule has 7 heteroatoms. The number of rotatable bonds is 6. The number of aliphatic carboxylic acids is 1. The molecule has 1 aliphatic rings. The smallest absolute Gasteiger partial charge is 0.329 e. The van der Waals surface area contributed by atoms with Gasteiger partial charge in [0.2, 0.25) is 11.8 Å². The van der Waals surface area contributed by atoms with Gasteiger partial charge in [-0.1, -0.05) is 0 Å². The molecule has 1 atom stereocenters. The Labute approximate surface area is 110 Å². The van der Waals surface area contributed by atoms with Gasteiger partial charge in [-0.2, -0.15) is 11.8 Å². The van der Waals surface area contributed by atoms with Gasteiger partial charge in [-0.3, -0.25) is 9.59 Å². The zero-order valence-electron chi connectivity index (χ0n) is 10.3.